The fraction of sp³-hybridized carbons (Fsp3) is 0.250. The second kappa shape index (κ2) is 10.6. The van der Waals surface area contributed by atoms with Gasteiger partial charge in [0.2, 0.25) is 0 Å². The van der Waals surface area contributed by atoms with Crippen LogP contribution in [0.15, 0.2) is 54.6 Å². The molecule has 0 aliphatic heterocycles. The van der Waals surface area contributed by atoms with E-state index in [0.717, 1.165) is 0 Å². The van der Waals surface area contributed by atoms with Crippen molar-refractivity contribution in [2.45, 2.75) is 19.9 Å². The Hall–Kier alpha value is -3.95. The monoisotopic (exact) mass is 414 g/mol. The van der Waals surface area contributed by atoms with E-state index in [9.17, 15) is 24.5 Å². The Morgan fingerprint density at radius 1 is 0.967 bits per heavy atom. The van der Waals surface area contributed by atoms with Crippen molar-refractivity contribution in [3.8, 4) is 0 Å². The van der Waals surface area contributed by atoms with Gasteiger partial charge in [0.05, 0.1) is 4.92 Å². The van der Waals surface area contributed by atoms with Gasteiger partial charge in [0.25, 0.3) is 11.6 Å². The van der Waals surface area contributed by atoms with E-state index in [0.29, 0.717) is 11.4 Å². The zero-order valence-electron chi connectivity index (χ0n) is 16.5. The normalized spacial score (nSPS) is 11.3. The minimum absolute atomic E-state index is 0.112. The molecule has 0 heterocycles. The molecule has 0 spiro atoms. The number of hydrogen-bond donors (Lipinski definition) is 3. The van der Waals surface area contributed by atoms with Crippen molar-refractivity contribution in [1.82, 2.24) is 5.32 Å². The molecule has 0 aromatic heterocycles. The quantitative estimate of drug-likeness (QED) is 0.345. The predicted octanol–water partition coefficient (Wildman–Crippen LogP) is 2.92. The van der Waals surface area contributed by atoms with Crippen molar-refractivity contribution >= 4 is 35.0 Å². The van der Waals surface area contributed by atoms with Crippen LogP contribution in [0.25, 0.3) is 0 Å². The van der Waals surface area contributed by atoms with E-state index in [1.807, 2.05) is 0 Å². The average molecular weight is 414 g/mol. The summed E-state index contributed by atoms with van der Waals surface area (Å²) in [6.07, 6.45) is 0. The lowest BCUT2D eigenvalue weighted by atomic mass is 10.1. The number of nitrogens with zero attached hydrogens (tertiary/aromatic N) is 1. The van der Waals surface area contributed by atoms with Crippen LogP contribution in [0.2, 0.25) is 0 Å². The molecule has 10 heteroatoms. The van der Waals surface area contributed by atoms with E-state index in [2.05, 4.69) is 16.0 Å². The van der Waals surface area contributed by atoms with Crippen LogP contribution in [-0.2, 0) is 14.3 Å². The first-order valence-corrected chi connectivity index (χ1v) is 9.09. The summed E-state index contributed by atoms with van der Waals surface area (Å²) in [6.45, 7) is 2.89. The third-order valence-corrected chi connectivity index (χ3v) is 3.95. The molecule has 1 atom stereocenters. The fourth-order valence-corrected chi connectivity index (χ4v) is 2.42. The number of nitrogens with one attached hydrogen (secondary N) is 3. The topological polar surface area (TPSA) is 140 Å². The summed E-state index contributed by atoms with van der Waals surface area (Å²) in [5, 5.41) is 18.2. The minimum atomic E-state index is -0.958. The molecule has 0 bridgehead atoms. The van der Waals surface area contributed by atoms with Crippen LogP contribution in [0.3, 0.4) is 0 Å². The smallest absolute Gasteiger partial charge is 0.329 e. The molecule has 2 aromatic rings. The van der Waals surface area contributed by atoms with Crippen LogP contribution in [0.5, 0.6) is 0 Å². The van der Waals surface area contributed by atoms with Gasteiger partial charge in [0.1, 0.15) is 6.04 Å². The molecule has 2 rings (SSSR count). The fourth-order valence-electron chi connectivity index (χ4n) is 2.42. The second-order valence-corrected chi connectivity index (χ2v) is 6.65. The van der Waals surface area contributed by atoms with Gasteiger partial charge < -0.3 is 20.7 Å². The molecule has 3 amide bonds. The first-order chi connectivity index (χ1) is 14.3. The molecule has 3 N–H and O–H groups in total. The molecule has 10 nitrogen and oxygen atoms in total. The molecular weight excluding hydrogens is 392 g/mol. The standard InChI is InChI=1S/C20H22N4O6/c1-13(2)18(23-20(27)22-14-6-4-3-5-7-14)19(26)30-12-17(25)21-15-8-10-16(11-9-15)24(28)29/h3-11,13,18H,12H2,1-2H3,(H,21,25)(H2,22,23,27)/t18-/m0/s1. The van der Waals surface area contributed by atoms with Gasteiger partial charge >= 0.3 is 12.0 Å². The Bertz CT molecular complexity index is 899. The van der Waals surface area contributed by atoms with Crippen LogP contribution >= 0.6 is 0 Å². The highest BCUT2D eigenvalue weighted by molar-refractivity contribution is 5.95. The van der Waals surface area contributed by atoms with Gasteiger partial charge in [0.15, 0.2) is 6.61 Å². The van der Waals surface area contributed by atoms with E-state index in [-0.39, 0.29) is 11.6 Å². The third-order valence-electron chi connectivity index (χ3n) is 3.95. The summed E-state index contributed by atoms with van der Waals surface area (Å²) in [5.41, 5.74) is 0.773. The van der Waals surface area contributed by atoms with Crippen LogP contribution in [0, 0.1) is 16.0 Å². The van der Waals surface area contributed by atoms with E-state index in [1.165, 1.54) is 24.3 Å². The van der Waals surface area contributed by atoms with Crippen molar-refractivity contribution in [3.05, 3.63) is 64.7 Å². The lowest BCUT2D eigenvalue weighted by Gasteiger charge is -2.21. The number of urea groups is 1. The zero-order valence-corrected chi connectivity index (χ0v) is 16.5. The third kappa shape index (κ3) is 6.89. The highest BCUT2D eigenvalue weighted by atomic mass is 16.6. The van der Waals surface area contributed by atoms with Crippen LogP contribution in [0.4, 0.5) is 21.9 Å². The number of ether oxygens (including phenoxy) is 1. The van der Waals surface area contributed by atoms with Gasteiger partial charge in [-0.05, 0) is 30.2 Å². The number of rotatable bonds is 8. The number of hydrogen-bond acceptors (Lipinski definition) is 6. The highest BCUT2D eigenvalue weighted by Crippen LogP contribution is 2.15. The average Bonchev–Trinajstić information content (AvgIpc) is 2.71. The Balaban J connectivity index is 1.85. The molecule has 0 saturated carbocycles. The summed E-state index contributed by atoms with van der Waals surface area (Å²) in [6, 6.07) is 12.4. The minimum Gasteiger partial charge on any atom is -0.454 e. The largest absolute Gasteiger partial charge is 0.454 e. The molecule has 0 fully saturated rings. The van der Waals surface area contributed by atoms with Crippen LogP contribution in [0.1, 0.15) is 13.8 Å². The van der Waals surface area contributed by atoms with Gasteiger partial charge in [-0.15, -0.1) is 0 Å². The van der Waals surface area contributed by atoms with E-state index < -0.39 is 35.5 Å². The van der Waals surface area contributed by atoms with Gasteiger partial charge in [-0.2, -0.15) is 0 Å². The van der Waals surface area contributed by atoms with Crippen LogP contribution in [-0.4, -0.2) is 35.5 Å². The number of anilines is 2. The molecule has 0 saturated heterocycles. The van der Waals surface area contributed by atoms with Crippen molar-refractivity contribution < 1.29 is 24.0 Å². The highest BCUT2D eigenvalue weighted by Gasteiger charge is 2.26. The van der Waals surface area contributed by atoms with Crippen LogP contribution < -0.4 is 16.0 Å². The maximum atomic E-state index is 12.3. The van der Waals surface area contributed by atoms with Crippen molar-refractivity contribution in [2.75, 3.05) is 17.2 Å². The number of para-hydroxylation sites is 1. The molecule has 0 radical (unpaired) electrons. The maximum Gasteiger partial charge on any atom is 0.329 e. The first kappa shape index (κ1) is 22.3. The molecule has 2 aromatic carbocycles. The lowest BCUT2D eigenvalue weighted by Crippen LogP contribution is -2.47. The van der Waals surface area contributed by atoms with Gasteiger partial charge in [-0.1, -0.05) is 32.0 Å². The Kier molecular flexibility index (Phi) is 7.86. The number of benzene rings is 2. The molecule has 0 unspecified atom stereocenters. The SMILES string of the molecule is CC(C)[C@H](NC(=O)Nc1ccccc1)C(=O)OCC(=O)Nc1ccc([N+](=O)[O-])cc1. The molecule has 30 heavy (non-hydrogen) atoms. The number of carbonyl (C=O) groups is 3. The number of carbonyl (C=O) groups excluding carboxylic acids is 3. The van der Waals surface area contributed by atoms with E-state index >= 15 is 0 Å². The number of nitro benzene ring substituents is 1. The number of non-ortho nitro benzene ring substituents is 1. The molecule has 0 aliphatic rings. The van der Waals surface area contributed by atoms with Crippen molar-refractivity contribution in [2.24, 2.45) is 5.92 Å². The van der Waals surface area contributed by atoms with Gasteiger partial charge in [0, 0.05) is 23.5 Å². The Labute approximate surface area is 172 Å². The summed E-state index contributed by atoms with van der Waals surface area (Å²) in [7, 11) is 0. The van der Waals surface area contributed by atoms with Crippen molar-refractivity contribution in [1.29, 1.82) is 0 Å². The summed E-state index contributed by atoms with van der Waals surface area (Å²) in [5.74, 6) is -1.66. The van der Waals surface area contributed by atoms with E-state index in [1.54, 1.807) is 44.2 Å². The molecular formula is C20H22N4O6. The number of esters is 1. The summed E-state index contributed by atoms with van der Waals surface area (Å²) >= 11 is 0. The summed E-state index contributed by atoms with van der Waals surface area (Å²) < 4.78 is 5.01. The number of amides is 3. The maximum absolute atomic E-state index is 12.3. The Morgan fingerprint density at radius 2 is 1.57 bits per heavy atom. The predicted molar refractivity (Wildman–Crippen MR) is 110 cm³/mol. The molecule has 158 valence electrons. The first-order valence-electron chi connectivity index (χ1n) is 9.09. The zero-order chi connectivity index (χ0) is 22.1. The van der Waals surface area contributed by atoms with E-state index in [4.69, 9.17) is 4.74 Å². The lowest BCUT2D eigenvalue weighted by molar-refractivity contribution is -0.384. The van der Waals surface area contributed by atoms with Gasteiger partial charge in [-0.3, -0.25) is 14.9 Å². The second-order valence-electron chi connectivity index (χ2n) is 6.65. The van der Waals surface area contributed by atoms with Gasteiger partial charge in [-0.25, -0.2) is 9.59 Å². The summed E-state index contributed by atoms with van der Waals surface area (Å²) in [4.78, 5) is 46.5. The van der Waals surface area contributed by atoms with Crippen molar-refractivity contribution in [3.63, 3.8) is 0 Å². The molecule has 0 aliphatic carbocycles. The number of nitro groups is 1. The Morgan fingerprint density at radius 3 is 2.13 bits per heavy atom.